The molecule has 1 saturated heterocycles. The van der Waals surface area contributed by atoms with Crippen molar-refractivity contribution in [1.82, 2.24) is 4.90 Å². The Kier molecular flexibility index (Phi) is 6.51. The van der Waals surface area contributed by atoms with Crippen molar-refractivity contribution in [3.8, 4) is 0 Å². The number of piperidine rings is 1. The standard InChI is InChI=1S/C22H25ClN2O2/c1-2-4-16-6-12-20(13-7-16)24-21(26)18-5-3-14-25(15-18)22(27)17-8-10-19(23)11-9-17/h6-13,18H,2-5,14-15H2,1H3,(H,24,26). The molecule has 4 nitrogen and oxygen atoms in total. The predicted octanol–water partition coefficient (Wildman–Crippen LogP) is 4.78. The second-order valence-corrected chi connectivity index (χ2v) is 7.47. The molecule has 1 N–H and O–H groups in total. The number of hydrogen-bond acceptors (Lipinski definition) is 2. The largest absolute Gasteiger partial charge is 0.338 e. The number of benzene rings is 2. The SMILES string of the molecule is CCCc1ccc(NC(=O)C2CCCN(C(=O)c3ccc(Cl)cc3)C2)cc1. The molecule has 0 saturated carbocycles. The lowest BCUT2D eigenvalue weighted by Gasteiger charge is -2.32. The highest BCUT2D eigenvalue weighted by molar-refractivity contribution is 6.30. The van der Waals surface area contributed by atoms with Gasteiger partial charge in [0.25, 0.3) is 5.91 Å². The zero-order chi connectivity index (χ0) is 19.2. The summed E-state index contributed by atoms with van der Waals surface area (Å²) in [6.45, 7) is 3.27. The van der Waals surface area contributed by atoms with E-state index in [9.17, 15) is 9.59 Å². The summed E-state index contributed by atoms with van der Waals surface area (Å²) in [5.41, 5.74) is 2.68. The van der Waals surface area contributed by atoms with E-state index < -0.39 is 0 Å². The molecule has 2 aromatic rings. The summed E-state index contributed by atoms with van der Waals surface area (Å²) in [5, 5.41) is 3.60. The Morgan fingerprint density at radius 3 is 2.48 bits per heavy atom. The van der Waals surface area contributed by atoms with Gasteiger partial charge in [-0.05, 0) is 61.2 Å². The molecule has 0 spiro atoms. The van der Waals surface area contributed by atoms with Crippen LogP contribution in [-0.2, 0) is 11.2 Å². The van der Waals surface area contributed by atoms with Gasteiger partial charge >= 0.3 is 0 Å². The first kappa shape index (κ1) is 19.4. The number of aryl methyl sites for hydroxylation is 1. The van der Waals surface area contributed by atoms with Crippen molar-refractivity contribution in [1.29, 1.82) is 0 Å². The monoisotopic (exact) mass is 384 g/mol. The van der Waals surface area contributed by atoms with Crippen LogP contribution >= 0.6 is 11.6 Å². The van der Waals surface area contributed by atoms with E-state index in [1.54, 1.807) is 29.2 Å². The summed E-state index contributed by atoms with van der Waals surface area (Å²) in [7, 11) is 0. The molecular weight excluding hydrogens is 360 g/mol. The zero-order valence-corrected chi connectivity index (χ0v) is 16.3. The van der Waals surface area contributed by atoms with Crippen molar-refractivity contribution >= 4 is 29.1 Å². The number of anilines is 1. The molecule has 0 aromatic heterocycles. The van der Waals surface area contributed by atoms with Gasteiger partial charge in [-0.25, -0.2) is 0 Å². The lowest BCUT2D eigenvalue weighted by Crippen LogP contribution is -2.43. The Morgan fingerprint density at radius 2 is 1.81 bits per heavy atom. The van der Waals surface area contributed by atoms with Crippen molar-refractivity contribution in [3.05, 3.63) is 64.7 Å². The van der Waals surface area contributed by atoms with Crippen LogP contribution in [0, 0.1) is 5.92 Å². The molecule has 5 heteroatoms. The maximum absolute atomic E-state index is 12.7. The van der Waals surface area contributed by atoms with Gasteiger partial charge in [0, 0.05) is 29.4 Å². The third-order valence-electron chi connectivity index (χ3n) is 4.93. The Balaban J connectivity index is 1.60. The summed E-state index contributed by atoms with van der Waals surface area (Å²) in [6, 6.07) is 14.9. The summed E-state index contributed by atoms with van der Waals surface area (Å²) in [4.78, 5) is 27.1. The van der Waals surface area contributed by atoms with Gasteiger partial charge in [0.2, 0.25) is 5.91 Å². The number of carbonyl (C=O) groups is 2. The van der Waals surface area contributed by atoms with Crippen molar-refractivity contribution in [2.24, 2.45) is 5.92 Å². The van der Waals surface area contributed by atoms with E-state index in [1.165, 1.54) is 5.56 Å². The van der Waals surface area contributed by atoms with Gasteiger partial charge in [-0.2, -0.15) is 0 Å². The van der Waals surface area contributed by atoms with E-state index in [0.29, 0.717) is 23.7 Å². The van der Waals surface area contributed by atoms with Gasteiger partial charge in [0.1, 0.15) is 0 Å². The van der Waals surface area contributed by atoms with Crippen LogP contribution in [0.25, 0.3) is 0 Å². The molecule has 1 aliphatic heterocycles. The number of halogens is 1. The van der Waals surface area contributed by atoms with Crippen LogP contribution in [0.4, 0.5) is 5.69 Å². The van der Waals surface area contributed by atoms with Gasteiger partial charge in [-0.1, -0.05) is 37.1 Å². The minimum atomic E-state index is -0.190. The smallest absolute Gasteiger partial charge is 0.253 e. The average Bonchev–Trinajstić information content (AvgIpc) is 2.70. The number of carbonyl (C=O) groups excluding carboxylic acids is 2. The van der Waals surface area contributed by atoms with Gasteiger partial charge in [0.15, 0.2) is 0 Å². The van der Waals surface area contributed by atoms with E-state index in [2.05, 4.69) is 24.4 Å². The highest BCUT2D eigenvalue weighted by atomic mass is 35.5. The minimum Gasteiger partial charge on any atom is -0.338 e. The van der Waals surface area contributed by atoms with Crippen LogP contribution in [-0.4, -0.2) is 29.8 Å². The predicted molar refractivity (Wildman–Crippen MR) is 109 cm³/mol. The molecule has 1 fully saturated rings. The molecule has 27 heavy (non-hydrogen) atoms. The molecule has 1 atom stereocenters. The number of hydrogen-bond donors (Lipinski definition) is 1. The van der Waals surface area contributed by atoms with Crippen LogP contribution in [0.3, 0.4) is 0 Å². The molecule has 1 unspecified atom stereocenters. The number of rotatable bonds is 5. The maximum atomic E-state index is 12.7. The van der Waals surface area contributed by atoms with E-state index >= 15 is 0 Å². The van der Waals surface area contributed by atoms with Crippen LogP contribution in [0.1, 0.15) is 42.1 Å². The summed E-state index contributed by atoms with van der Waals surface area (Å²) in [6.07, 6.45) is 3.76. The van der Waals surface area contributed by atoms with Crippen LogP contribution in [0.15, 0.2) is 48.5 Å². The van der Waals surface area contributed by atoms with Gasteiger partial charge in [-0.15, -0.1) is 0 Å². The fourth-order valence-corrected chi connectivity index (χ4v) is 3.56. The van der Waals surface area contributed by atoms with E-state index in [-0.39, 0.29) is 17.7 Å². The lowest BCUT2D eigenvalue weighted by molar-refractivity contribution is -0.121. The topological polar surface area (TPSA) is 49.4 Å². The second-order valence-electron chi connectivity index (χ2n) is 7.03. The van der Waals surface area contributed by atoms with Crippen LogP contribution < -0.4 is 5.32 Å². The highest BCUT2D eigenvalue weighted by Crippen LogP contribution is 2.21. The fraction of sp³-hybridized carbons (Fsp3) is 0.364. The van der Waals surface area contributed by atoms with E-state index in [1.807, 2.05) is 12.1 Å². The molecule has 0 radical (unpaired) electrons. The van der Waals surface area contributed by atoms with Crippen LogP contribution in [0.5, 0.6) is 0 Å². The summed E-state index contributed by atoms with van der Waals surface area (Å²) < 4.78 is 0. The minimum absolute atomic E-state index is 0.0214. The fourth-order valence-electron chi connectivity index (χ4n) is 3.44. The Hall–Kier alpha value is -2.33. The molecule has 1 heterocycles. The molecule has 2 aromatic carbocycles. The summed E-state index contributed by atoms with van der Waals surface area (Å²) in [5.74, 6) is -0.259. The number of amides is 2. The first-order chi connectivity index (χ1) is 13.1. The third kappa shape index (κ3) is 5.10. The van der Waals surface area contributed by atoms with Crippen molar-refractivity contribution in [3.63, 3.8) is 0 Å². The lowest BCUT2D eigenvalue weighted by atomic mass is 9.96. The number of nitrogens with one attached hydrogen (secondary N) is 1. The van der Waals surface area contributed by atoms with E-state index in [0.717, 1.165) is 31.4 Å². The summed E-state index contributed by atoms with van der Waals surface area (Å²) >= 11 is 5.89. The molecule has 1 aliphatic rings. The third-order valence-corrected chi connectivity index (χ3v) is 5.18. The first-order valence-corrected chi connectivity index (χ1v) is 9.89. The van der Waals surface area contributed by atoms with Crippen molar-refractivity contribution in [2.75, 3.05) is 18.4 Å². The van der Waals surface area contributed by atoms with Crippen molar-refractivity contribution < 1.29 is 9.59 Å². The first-order valence-electron chi connectivity index (χ1n) is 9.51. The molecule has 0 aliphatic carbocycles. The average molecular weight is 385 g/mol. The van der Waals surface area contributed by atoms with Gasteiger partial charge in [-0.3, -0.25) is 9.59 Å². The Bertz CT molecular complexity index is 787. The van der Waals surface area contributed by atoms with Crippen molar-refractivity contribution in [2.45, 2.75) is 32.6 Å². The number of likely N-dealkylation sites (tertiary alicyclic amines) is 1. The van der Waals surface area contributed by atoms with Gasteiger partial charge < -0.3 is 10.2 Å². The molecule has 2 amide bonds. The van der Waals surface area contributed by atoms with Gasteiger partial charge in [0.05, 0.1) is 5.92 Å². The quantitative estimate of drug-likeness (QED) is 0.806. The second kappa shape index (κ2) is 9.05. The Morgan fingerprint density at radius 1 is 1.11 bits per heavy atom. The zero-order valence-electron chi connectivity index (χ0n) is 15.6. The highest BCUT2D eigenvalue weighted by Gasteiger charge is 2.29. The molecule has 142 valence electrons. The molecular formula is C22H25ClN2O2. The molecule has 0 bridgehead atoms. The molecule has 3 rings (SSSR count). The van der Waals surface area contributed by atoms with E-state index in [4.69, 9.17) is 11.6 Å². The van der Waals surface area contributed by atoms with Crippen LogP contribution in [0.2, 0.25) is 5.02 Å². The number of nitrogens with zero attached hydrogens (tertiary/aromatic N) is 1. The Labute approximate surface area is 165 Å². The maximum Gasteiger partial charge on any atom is 0.253 e. The normalized spacial score (nSPS) is 16.8.